The van der Waals surface area contributed by atoms with Gasteiger partial charge in [-0.25, -0.2) is 4.79 Å². The summed E-state index contributed by atoms with van der Waals surface area (Å²) in [4.78, 5) is 13.2. The second-order valence-corrected chi connectivity index (χ2v) is 5.60. The van der Waals surface area contributed by atoms with Crippen LogP contribution >= 0.6 is 0 Å². The van der Waals surface area contributed by atoms with E-state index in [1.165, 1.54) is 30.1 Å². The van der Waals surface area contributed by atoms with Crippen LogP contribution in [-0.4, -0.2) is 42.1 Å². The number of aliphatic hydroxyl groups is 1. The van der Waals surface area contributed by atoms with E-state index >= 15 is 0 Å². The van der Waals surface area contributed by atoms with E-state index in [9.17, 15) is 23.1 Å². The number of nitrogens with one attached hydrogen (secondary N) is 1. The van der Waals surface area contributed by atoms with E-state index < -0.39 is 18.5 Å². The van der Waals surface area contributed by atoms with E-state index in [1.54, 1.807) is 6.07 Å². The molecule has 1 aromatic carbocycles. The molecule has 1 atom stereocenters. The van der Waals surface area contributed by atoms with E-state index in [4.69, 9.17) is 0 Å². The third-order valence-electron chi connectivity index (χ3n) is 3.60. The molecule has 0 radical (unpaired) electrons. The Balaban J connectivity index is 1.88. The van der Waals surface area contributed by atoms with Crippen molar-refractivity contribution in [2.24, 2.45) is 5.92 Å². The highest BCUT2D eigenvalue weighted by molar-refractivity contribution is 5.74. The van der Waals surface area contributed by atoms with Gasteiger partial charge in [0.25, 0.3) is 0 Å². The van der Waals surface area contributed by atoms with Gasteiger partial charge in [-0.15, -0.1) is 13.2 Å². The van der Waals surface area contributed by atoms with Gasteiger partial charge in [0.1, 0.15) is 5.75 Å². The number of urea groups is 1. The predicted molar refractivity (Wildman–Crippen MR) is 76.7 cm³/mol. The normalized spacial score (nSPS) is 15.9. The van der Waals surface area contributed by atoms with E-state index in [0.29, 0.717) is 0 Å². The maximum atomic E-state index is 12.3. The molecule has 2 amide bonds. The van der Waals surface area contributed by atoms with Gasteiger partial charge < -0.3 is 20.1 Å². The van der Waals surface area contributed by atoms with Gasteiger partial charge in [0.05, 0.1) is 6.10 Å². The molecule has 5 nitrogen and oxygen atoms in total. The van der Waals surface area contributed by atoms with Gasteiger partial charge >= 0.3 is 12.4 Å². The maximum absolute atomic E-state index is 12.3. The topological polar surface area (TPSA) is 61.8 Å². The molecular formula is C15H19F3N2O3. The van der Waals surface area contributed by atoms with Gasteiger partial charge in [-0.1, -0.05) is 18.2 Å². The zero-order chi connectivity index (χ0) is 17.0. The van der Waals surface area contributed by atoms with Crippen LogP contribution in [0, 0.1) is 5.92 Å². The number of para-hydroxylation sites is 1. The molecule has 2 rings (SSSR count). The van der Waals surface area contributed by atoms with Crippen molar-refractivity contribution >= 4 is 6.03 Å². The van der Waals surface area contributed by atoms with E-state index in [2.05, 4.69) is 10.1 Å². The number of ether oxygens (including phenoxy) is 1. The lowest BCUT2D eigenvalue weighted by molar-refractivity contribution is -0.274. The van der Waals surface area contributed by atoms with Crippen LogP contribution in [0.15, 0.2) is 24.3 Å². The molecule has 1 aromatic rings. The van der Waals surface area contributed by atoms with Crippen molar-refractivity contribution in [3.05, 3.63) is 29.8 Å². The summed E-state index contributed by atoms with van der Waals surface area (Å²) in [5.41, 5.74) is 0.217. The SMILES string of the molecule is CN(CC(O)C1CC1)C(=O)NCc1ccccc1OC(F)(F)F. The molecule has 0 spiro atoms. The van der Waals surface area contributed by atoms with E-state index in [1.807, 2.05) is 0 Å². The Bertz CT molecular complexity index is 547. The Kier molecular flexibility index (Phi) is 5.35. The number of halogens is 3. The lowest BCUT2D eigenvalue weighted by Gasteiger charge is -2.21. The van der Waals surface area contributed by atoms with Crippen LogP contribution in [0.25, 0.3) is 0 Å². The van der Waals surface area contributed by atoms with Crippen molar-refractivity contribution < 1.29 is 27.8 Å². The highest BCUT2D eigenvalue weighted by Crippen LogP contribution is 2.32. The van der Waals surface area contributed by atoms with Crippen molar-refractivity contribution in [2.45, 2.75) is 31.9 Å². The van der Waals surface area contributed by atoms with Crippen molar-refractivity contribution in [3.63, 3.8) is 0 Å². The Morgan fingerprint density at radius 2 is 2.09 bits per heavy atom. The van der Waals surface area contributed by atoms with Crippen molar-refractivity contribution in [1.29, 1.82) is 0 Å². The number of carbonyl (C=O) groups excluding carboxylic acids is 1. The number of nitrogens with zero attached hydrogens (tertiary/aromatic N) is 1. The molecular weight excluding hydrogens is 313 g/mol. The van der Waals surface area contributed by atoms with Crippen LogP contribution in [0.2, 0.25) is 0 Å². The molecule has 0 heterocycles. The number of benzene rings is 1. The van der Waals surface area contributed by atoms with Gasteiger partial charge in [0, 0.05) is 25.7 Å². The standard InChI is InChI=1S/C15H19F3N2O3/c1-20(9-12(21)10-6-7-10)14(22)19-8-11-4-2-3-5-13(11)23-15(16,17)18/h2-5,10,12,21H,6-9H2,1H3,(H,19,22). The fraction of sp³-hybridized carbons (Fsp3) is 0.533. The molecule has 1 aliphatic rings. The predicted octanol–water partition coefficient (Wildman–Crippen LogP) is 2.50. The average molecular weight is 332 g/mol. The third-order valence-corrected chi connectivity index (χ3v) is 3.60. The molecule has 1 unspecified atom stereocenters. The molecule has 23 heavy (non-hydrogen) atoms. The first-order valence-corrected chi connectivity index (χ1v) is 7.27. The van der Waals surface area contributed by atoms with E-state index in [-0.39, 0.29) is 30.3 Å². The zero-order valence-corrected chi connectivity index (χ0v) is 12.6. The van der Waals surface area contributed by atoms with Crippen molar-refractivity contribution in [2.75, 3.05) is 13.6 Å². The molecule has 1 aliphatic carbocycles. The smallest absolute Gasteiger partial charge is 0.405 e. The number of aliphatic hydroxyl groups excluding tert-OH is 1. The summed E-state index contributed by atoms with van der Waals surface area (Å²) in [7, 11) is 1.53. The number of hydrogen-bond acceptors (Lipinski definition) is 3. The van der Waals surface area contributed by atoms with Crippen LogP contribution in [0.4, 0.5) is 18.0 Å². The van der Waals surface area contributed by atoms with Crippen LogP contribution in [0.3, 0.4) is 0 Å². The number of hydrogen-bond donors (Lipinski definition) is 2. The minimum Gasteiger partial charge on any atom is -0.405 e. The molecule has 1 saturated carbocycles. The molecule has 128 valence electrons. The fourth-order valence-electron chi connectivity index (χ4n) is 2.17. The number of amides is 2. The quantitative estimate of drug-likeness (QED) is 0.841. The van der Waals surface area contributed by atoms with Crippen molar-refractivity contribution in [3.8, 4) is 5.75 Å². The minimum absolute atomic E-state index is 0.102. The largest absolute Gasteiger partial charge is 0.573 e. The van der Waals surface area contributed by atoms with Gasteiger partial charge in [-0.05, 0) is 24.8 Å². The van der Waals surface area contributed by atoms with Crippen LogP contribution < -0.4 is 10.1 Å². The second kappa shape index (κ2) is 7.08. The molecule has 0 saturated heterocycles. The number of carbonyl (C=O) groups is 1. The van der Waals surface area contributed by atoms with Crippen LogP contribution in [0.1, 0.15) is 18.4 Å². The lowest BCUT2D eigenvalue weighted by atomic mass is 10.2. The summed E-state index contributed by atoms with van der Waals surface area (Å²) < 4.78 is 40.9. The summed E-state index contributed by atoms with van der Waals surface area (Å²) in [6, 6.07) is 5.15. The van der Waals surface area contributed by atoms with Crippen LogP contribution in [0.5, 0.6) is 5.75 Å². The maximum Gasteiger partial charge on any atom is 0.573 e. The molecule has 0 aliphatic heterocycles. The minimum atomic E-state index is -4.79. The number of rotatable bonds is 6. The molecule has 0 aromatic heterocycles. The summed E-state index contributed by atoms with van der Waals surface area (Å²) in [5.74, 6) is -0.105. The molecule has 8 heteroatoms. The third kappa shape index (κ3) is 5.63. The fourth-order valence-corrected chi connectivity index (χ4v) is 2.17. The second-order valence-electron chi connectivity index (χ2n) is 5.60. The molecule has 1 fully saturated rings. The van der Waals surface area contributed by atoms with Gasteiger partial charge in [0.15, 0.2) is 0 Å². The first-order valence-electron chi connectivity index (χ1n) is 7.27. The number of likely N-dealkylation sites (N-methyl/N-ethyl adjacent to an activating group) is 1. The first-order chi connectivity index (χ1) is 10.8. The Morgan fingerprint density at radius 3 is 2.70 bits per heavy atom. The van der Waals surface area contributed by atoms with Gasteiger partial charge in [-0.2, -0.15) is 0 Å². The van der Waals surface area contributed by atoms with Gasteiger partial charge in [0.2, 0.25) is 0 Å². The Hall–Kier alpha value is -1.96. The highest BCUT2D eigenvalue weighted by Gasteiger charge is 2.32. The summed E-state index contributed by atoms with van der Waals surface area (Å²) in [6.45, 7) is 0.0894. The lowest BCUT2D eigenvalue weighted by Crippen LogP contribution is -2.41. The summed E-state index contributed by atoms with van der Waals surface area (Å²) >= 11 is 0. The Labute approximate surface area is 132 Å². The highest BCUT2D eigenvalue weighted by atomic mass is 19.4. The average Bonchev–Trinajstić information content (AvgIpc) is 3.28. The summed E-state index contributed by atoms with van der Waals surface area (Å²) in [6.07, 6.45) is -3.44. The molecule has 0 bridgehead atoms. The molecule has 2 N–H and O–H groups in total. The zero-order valence-electron chi connectivity index (χ0n) is 12.6. The van der Waals surface area contributed by atoms with E-state index in [0.717, 1.165) is 12.8 Å². The Morgan fingerprint density at radius 1 is 1.43 bits per heavy atom. The monoisotopic (exact) mass is 332 g/mol. The van der Waals surface area contributed by atoms with Gasteiger partial charge in [-0.3, -0.25) is 0 Å². The van der Waals surface area contributed by atoms with Crippen LogP contribution in [-0.2, 0) is 6.54 Å². The number of alkyl halides is 3. The first kappa shape index (κ1) is 17.4. The van der Waals surface area contributed by atoms with Crippen molar-refractivity contribution in [1.82, 2.24) is 10.2 Å². The summed E-state index contributed by atoms with van der Waals surface area (Å²) in [5, 5.41) is 12.3.